The van der Waals surface area contributed by atoms with Crippen LogP contribution in [-0.4, -0.2) is 38.6 Å². The molecule has 0 spiro atoms. The summed E-state index contributed by atoms with van der Waals surface area (Å²) >= 11 is 4.94. The number of carbonyl (C=O) groups is 1. The molecule has 27 heavy (non-hydrogen) atoms. The second kappa shape index (κ2) is 10.1. The van der Waals surface area contributed by atoms with Gasteiger partial charge in [0, 0.05) is 7.05 Å². The van der Waals surface area contributed by atoms with Gasteiger partial charge in [0.1, 0.15) is 6.61 Å². The first-order valence-electron chi connectivity index (χ1n) is 8.06. The number of carbonyl (C=O) groups excluding carboxylic acids is 1. The Kier molecular flexibility index (Phi) is 7.57. The van der Waals surface area contributed by atoms with Crippen molar-refractivity contribution >= 4 is 29.5 Å². The Bertz CT molecular complexity index is 822. The van der Waals surface area contributed by atoms with Gasteiger partial charge in [-0.2, -0.15) is 5.10 Å². The Morgan fingerprint density at radius 3 is 2.52 bits per heavy atom. The Morgan fingerprint density at radius 1 is 1.15 bits per heavy atom. The Morgan fingerprint density at radius 2 is 1.89 bits per heavy atom. The lowest BCUT2D eigenvalue weighted by atomic mass is 10.1. The first-order valence-corrected chi connectivity index (χ1v) is 8.47. The van der Waals surface area contributed by atoms with Gasteiger partial charge in [0.2, 0.25) is 0 Å². The number of hydrogen-bond donors (Lipinski definition) is 2. The highest BCUT2D eigenvalue weighted by molar-refractivity contribution is 7.80. The van der Waals surface area contributed by atoms with Gasteiger partial charge in [-0.25, -0.2) is 4.79 Å². The van der Waals surface area contributed by atoms with E-state index >= 15 is 0 Å². The fourth-order valence-electron chi connectivity index (χ4n) is 2.12. The van der Waals surface area contributed by atoms with Crippen molar-refractivity contribution in [3.8, 4) is 11.5 Å². The quantitative estimate of drug-likeness (QED) is 0.327. The highest BCUT2D eigenvalue weighted by atomic mass is 32.1. The molecule has 2 rings (SSSR count). The van der Waals surface area contributed by atoms with Crippen LogP contribution in [0.3, 0.4) is 0 Å². The lowest BCUT2D eigenvalue weighted by molar-refractivity contribution is 0.0600. The zero-order valence-corrected chi connectivity index (χ0v) is 16.1. The van der Waals surface area contributed by atoms with Crippen molar-refractivity contribution in [1.29, 1.82) is 0 Å². The van der Waals surface area contributed by atoms with Crippen molar-refractivity contribution in [3.63, 3.8) is 0 Å². The molecule has 0 radical (unpaired) electrons. The largest absolute Gasteiger partial charge is 0.493 e. The maximum Gasteiger partial charge on any atom is 0.337 e. The molecule has 0 amide bonds. The molecule has 0 heterocycles. The van der Waals surface area contributed by atoms with Gasteiger partial charge in [0.15, 0.2) is 16.6 Å². The molecule has 0 aliphatic carbocycles. The number of hydrazone groups is 1. The van der Waals surface area contributed by atoms with E-state index < -0.39 is 0 Å². The summed E-state index contributed by atoms with van der Waals surface area (Å²) in [5.74, 6) is 0.818. The van der Waals surface area contributed by atoms with Crippen LogP contribution in [0.4, 0.5) is 0 Å². The summed E-state index contributed by atoms with van der Waals surface area (Å²) in [5, 5.41) is 7.22. The van der Waals surface area contributed by atoms with E-state index in [2.05, 4.69) is 20.6 Å². The summed E-state index contributed by atoms with van der Waals surface area (Å²) in [6.07, 6.45) is 1.63. The number of nitrogens with one attached hydrogen (secondary N) is 2. The van der Waals surface area contributed by atoms with E-state index in [0.717, 1.165) is 11.1 Å². The van der Waals surface area contributed by atoms with E-state index in [9.17, 15) is 4.79 Å². The molecule has 0 bridgehead atoms. The SMILES string of the molecule is CNC(=S)N/N=C\c1ccc(OCc2ccc(C(=O)OC)cc2)c(OC)c1. The summed E-state index contributed by atoms with van der Waals surface area (Å²) in [4.78, 5) is 11.5. The summed E-state index contributed by atoms with van der Waals surface area (Å²) in [5.41, 5.74) is 4.92. The standard InChI is InChI=1S/C19H21N3O4S/c1-20-19(27)22-21-11-14-6-9-16(17(10-14)24-2)26-12-13-4-7-15(8-5-13)18(23)25-3/h4-11H,12H2,1-3H3,(H2,20,22,27)/b21-11-. The van der Waals surface area contributed by atoms with Gasteiger partial charge in [0.25, 0.3) is 0 Å². The Labute approximate surface area is 163 Å². The highest BCUT2D eigenvalue weighted by Crippen LogP contribution is 2.28. The van der Waals surface area contributed by atoms with E-state index in [1.54, 1.807) is 38.6 Å². The van der Waals surface area contributed by atoms with E-state index in [-0.39, 0.29) is 5.97 Å². The van der Waals surface area contributed by atoms with E-state index in [1.807, 2.05) is 24.3 Å². The molecule has 0 aliphatic rings. The number of nitrogens with zero attached hydrogens (tertiary/aromatic N) is 1. The third-order valence-electron chi connectivity index (χ3n) is 3.56. The molecular weight excluding hydrogens is 366 g/mol. The number of hydrogen-bond acceptors (Lipinski definition) is 6. The van der Waals surface area contributed by atoms with Gasteiger partial charge in [0.05, 0.1) is 26.0 Å². The third kappa shape index (κ3) is 5.96. The van der Waals surface area contributed by atoms with Gasteiger partial charge < -0.3 is 19.5 Å². The number of benzene rings is 2. The normalized spacial score (nSPS) is 10.3. The minimum absolute atomic E-state index is 0.337. The number of thiocarbonyl (C=S) groups is 1. The van der Waals surface area contributed by atoms with Crippen LogP contribution in [0.2, 0.25) is 0 Å². The van der Waals surface area contributed by atoms with Crippen molar-refractivity contribution in [1.82, 2.24) is 10.7 Å². The van der Waals surface area contributed by atoms with Gasteiger partial charge >= 0.3 is 5.97 Å². The molecule has 142 valence electrons. The molecule has 0 fully saturated rings. The number of ether oxygens (including phenoxy) is 3. The molecule has 0 unspecified atom stereocenters. The van der Waals surface area contributed by atoms with Gasteiger partial charge in [-0.05, 0) is 53.7 Å². The van der Waals surface area contributed by atoms with Crippen molar-refractivity contribution in [2.45, 2.75) is 6.61 Å². The van der Waals surface area contributed by atoms with Crippen LogP contribution in [0.15, 0.2) is 47.6 Å². The van der Waals surface area contributed by atoms with E-state index in [4.69, 9.17) is 21.7 Å². The molecule has 8 heteroatoms. The molecular formula is C19H21N3O4S. The second-order valence-corrected chi connectivity index (χ2v) is 5.74. The topological polar surface area (TPSA) is 81.2 Å². The smallest absolute Gasteiger partial charge is 0.337 e. The van der Waals surface area contributed by atoms with Crippen molar-refractivity contribution in [3.05, 3.63) is 59.2 Å². The zero-order valence-electron chi connectivity index (χ0n) is 15.3. The first-order chi connectivity index (χ1) is 13.1. The van der Waals surface area contributed by atoms with Crippen LogP contribution in [0.25, 0.3) is 0 Å². The minimum Gasteiger partial charge on any atom is -0.493 e. The first kappa shape index (κ1) is 20.2. The summed E-state index contributed by atoms with van der Waals surface area (Å²) < 4.78 is 15.9. The van der Waals surface area contributed by atoms with Crippen LogP contribution >= 0.6 is 12.2 Å². The molecule has 7 nitrogen and oxygen atoms in total. The van der Waals surface area contributed by atoms with Gasteiger partial charge in [-0.15, -0.1) is 0 Å². The lowest BCUT2D eigenvalue weighted by Crippen LogP contribution is -2.28. The van der Waals surface area contributed by atoms with Crippen molar-refractivity contribution in [2.24, 2.45) is 5.10 Å². The fraction of sp³-hybridized carbons (Fsp3) is 0.211. The average Bonchev–Trinajstić information content (AvgIpc) is 2.72. The number of rotatable bonds is 7. The highest BCUT2D eigenvalue weighted by Gasteiger charge is 2.07. The predicted molar refractivity (Wildman–Crippen MR) is 107 cm³/mol. The Balaban J connectivity index is 2.01. The Hall–Kier alpha value is -3.13. The van der Waals surface area contributed by atoms with Crippen LogP contribution in [0.5, 0.6) is 11.5 Å². The fourth-order valence-corrected chi connectivity index (χ4v) is 2.17. The van der Waals surface area contributed by atoms with Crippen LogP contribution in [0.1, 0.15) is 21.5 Å². The predicted octanol–water partition coefficient (Wildman–Crippen LogP) is 2.49. The summed E-state index contributed by atoms with van der Waals surface area (Å²) in [6.45, 7) is 0.337. The van der Waals surface area contributed by atoms with E-state index in [0.29, 0.717) is 28.8 Å². The number of methoxy groups -OCH3 is 2. The summed E-state index contributed by atoms with van der Waals surface area (Å²) in [7, 11) is 4.64. The molecule has 0 aliphatic heterocycles. The van der Waals surface area contributed by atoms with E-state index in [1.165, 1.54) is 7.11 Å². The molecule has 0 saturated heterocycles. The zero-order chi connectivity index (χ0) is 19.6. The lowest BCUT2D eigenvalue weighted by Gasteiger charge is -2.11. The average molecular weight is 387 g/mol. The van der Waals surface area contributed by atoms with Gasteiger partial charge in [-0.3, -0.25) is 5.43 Å². The maximum atomic E-state index is 11.5. The molecule has 0 atom stereocenters. The maximum absolute atomic E-state index is 11.5. The van der Waals surface area contributed by atoms with Crippen molar-refractivity contribution in [2.75, 3.05) is 21.3 Å². The third-order valence-corrected chi connectivity index (χ3v) is 3.86. The number of esters is 1. The molecule has 2 N–H and O–H groups in total. The summed E-state index contributed by atoms with van der Waals surface area (Å²) in [6, 6.07) is 12.5. The molecule has 0 saturated carbocycles. The van der Waals surface area contributed by atoms with Crippen LogP contribution in [-0.2, 0) is 11.3 Å². The molecule has 2 aromatic rings. The molecule has 2 aromatic carbocycles. The van der Waals surface area contributed by atoms with Gasteiger partial charge in [-0.1, -0.05) is 12.1 Å². The van der Waals surface area contributed by atoms with Crippen LogP contribution < -0.4 is 20.2 Å². The van der Waals surface area contributed by atoms with Crippen LogP contribution in [0, 0.1) is 0 Å². The van der Waals surface area contributed by atoms with Crippen molar-refractivity contribution < 1.29 is 19.0 Å². The second-order valence-electron chi connectivity index (χ2n) is 5.34. The minimum atomic E-state index is -0.369. The molecule has 0 aromatic heterocycles. The monoisotopic (exact) mass is 387 g/mol.